The number of likely N-dealkylation sites (tertiary alicyclic amines) is 1. The summed E-state index contributed by atoms with van der Waals surface area (Å²) in [5.41, 5.74) is 3.66. The minimum atomic E-state index is -3.78. The summed E-state index contributed by atoms with van der Waals surface area (Å²) < 4.78 is 28.5. The van der Waals surface area contributed by atoms with Crippen molar-refractivity contribution in [1.82, 2.24) is 9.88 Å². The van der Waals surface area contributed by atoms with E-state index in [1.165, 1.54) is 6.07 Å². The van der Waals surface area contributed by atoms with Crippen LogP contribution in [-0.4, -0.2) is 48.5 Å². The monoisotopic (exact) mass is 423 g/mol. The highest BCUT2D eigenvalue weighted by Gasteiger charge is 2.31. The predicted molar refractivity (Wildman–Crippen MR) is 114 cm³/mol. The summed E-state index contributed by atoms with van der Waals surface area (Å²) in [7, 11) is -3.78. The van der Waals surface area contributed by atoms with Gasteiger partial charge < -0.3 is 10.0 Å². The molecule has 0 atom stereocenters. The number of hydrogen-bond acceptors (Lipinski definition) is 5. The number of sulfonamides is 1. The summed E-state index contributed by atoms with van der Waals surface area (Å²) >= 11 is 0. The number of aliphatic hydroxyl groups excluding tert-OH is 1. The quantitative estimate of drug-likeness (QED) is 0.627. The number of amides is 1. The van der Waals surface area contributed by atoms with Crippen LogP contribution < -0.4 is 4.72 Å². The summed E-state index contributed by atoms with van der Waals surface area (Å²) in [5.74, 6) is -0.155. The van der Waals surface area contributed by atoms with E-state index in [0.717, 1.165) is 10.9 Å². The molecule has 0 bridgehead atoms. The molecule has 1 aromatic heterocycles. The van der Waals surface area contributed by atoms with Gasteiger partial charge in [-0.25, -0.2) is 8.42 Å². The molecule has 5 rings (SSSR count). The second-order valence-electron chi connectivity index (χ2n) is 7.86. The summed E-state index contributed by atoms with van der Waals surface area (Å²) in [6.07, 6.45) is 2.37. The number of aryl methyl sites for hydroxylation is 1. The lowest BCUT2D eigenvalue weighted by atomic mass is 9.95. The lowest BCUT2D eigenvalue weighted by molar-refractivity contribution is 0.0546. The topological polar surface area (TPSA) is 99.6 Å². The van der Waals surface area contributed by atoms with Gasteiger partial charge in [0.25, 0.3) is 15.9 Å². The number of benzene rings is 2. The average Bonchev–Trinajstić information content (AvgIpc) is 2.75. The molecule has 154 valence electrons. The Morgan fingerprint density at radius 2 is 1.93 bits per heavy atom. The van der Waals surface area contributed by atoms with Crippen LogP contribution in [0.2, 0.25) is 0 Å². The first-order valence-electron chi connectivity index (χ1n) is 9.88. The molecular formula is C22H21N3O4S. The van der Waals surface area contributed by atoms with Crippen LogP contribution in [0.1, 0.15) is 28.8 Å². The number of aliphatic hydroxyl groups is 1. The molecule has 2 aromatic carbocycles. The van der Waals surface area contributed by atoms with E-state index in [9.17, 15) is 18.3 Å². The molecule has 3 aromatic rings. The van der Waals surface area contributed by atoms with Crippen molar-refractivity contribution in [3.8, 4) is 11.1 Å². The van der Waals surface area contributed by atoms with E-state index in [4.69, 9.17) is 0 Å². The van der Waals surface area contributed by atoms with Crippen LogP contribution in [-0.2, 0) is 10.0 Å². The third-order valence-corrected chi connectivity index (χ3v) is 7.30. The number of piperidine rings is 1. The zero-order valence-corrected chi connectivity index (χ0v) is 17.2. The van der Waals surface area contributed by atoms with Crippen molar-refractivity contribution >= 4 is 32.5 Å². The molecule has 0 unspecified atom stereocenters. The van der Waals surface area contributed by atoms with Crippen LogP contribution in [0.15, 0.2) is 47.5 Å². The lowest BCUT2D eigenvalue weighted by Gasteiger charge is -2.30. The number of hydrogen-bond donors (Lipinski definition) is 2. The summed E-state index contributed by atoms with van der Waals surface area (Å²) in [6.45, 7) is 2.93. The van der Waals surface area contributed by atoms with Crippen LogP contribution in [0.5, 0.6) is 0 Å². The summed E-state index contributed by atoms with van der Waals surface area (Å²) in [4.78, 5) is 19.3. The maximum atomic E-state index is 13.0. The SMILES string of the molecule is Cc1cc2c(c3ncccc13)NS(=O)(=O)c1ccc(C(=O)N3CCC(O)CC3)cc1-2. The molecule has 0 spiro atoms. The Bertz CT molecular complexity index is 1300. The highest BCUT2D eigenvalue weighted by Crippen LogP contribution is 2.43. The molecule has 30 heavy (non-hydrogen) atoms. The lowest BCUT2D eigenvalue weighted by Crippen LogP contribution is -2.40. The Morgan fingerprint density at radius 3 is 2.70 bits per heavy atom. The number of aromatic nitrogens is 1. The second kappa shape index (κ2) is 6.78. The van der Waals surface area contributed by atoms with Gasteiger partial charge in [0.15, 0.2) is 0 Å². The molecule has 0 radical (unpaired) electrons. The van der Waals surface area contributed by atoms with E-state index in [0.29, 0.717) is 53.8 Å². The third-order valence-electron chi connectivity index (χ3n) is 5.89. The Kier molecular flexibility index (Phi) is 4.30. The molecule has 2 N–H and O–H groups in total. The maximum absolute atomic E-state index is 13.0. The van der Waals surface area contributed by atoms with Crippen LogP contribution in [0.3, 0.4) is 0 Å². The van der Waals surface area contributed by atoms with Crippen molar-refractivity contribution in [2.24, 2.45) is 0 Å². The Hall–Kier alpha value is -2.97. The van der Waals surface area contributed by atoms with Crippen molar-refractivity contribution in [3.05, 3.63) is 53.7 Å². The highest BCUT2D eigenvalue weighted by molar-refractivity contribution is 7.93. The van der Waals surface area contributed by atoms with E-state index in [-0.39, 0.29) is 16.9 Å². The fourth-order valence-electron chi connectivity index (χ4n) is 4.28. The van der Waals surface area contributed by atoms with Crippen molar-refractivity contribution in [1.29, 1.82) is 0 Å². The van der Waals surface area contributed by atoms with Crippen molar-refractivity contribution in [2.75, 3.05) is 17.8 Å². The standard InChI is InChI=1S/C22H21N3O4S/c1-13-11-18-17-12-14(22(27)25-9-6-15(26)7-10-25)4-5-19(17)30(28,29)24-21(18)20-16(13)3-2-8-23-20/h2-5,8,11-12,15,24,26H,6-7,9-10H2,1H3. The molecule has 1 amide bonds. The van der Waals surface area contributed by atoms with Crippen molar-refractivity contribution in [2.45, 2.75) is 30.8 Å². The average molecular weight is 423 g/mol. The largest absolute Gasteiger partial charge is 0.393 e. The van der Waals surface area contributed by atoms with Gasteiger partial charge in [-0.05, 0) is 55.7 Å². The molecular weight excluding hydrogens is 402 g/mol. The van der Waals surface area contributed by atoms with Crippen molar-refractivity contribution < 1.29 is 18.3 Å². The van der Waals surface area contributed by atoms with Gasteiger partial charge in [0, 0.05) is 41.4 Å². The molecule has 0 aliphatic carbocycles. The van der Waals surface area contributed by atoms with Gasteiger partial charge in [0.1, 0.15) is 0 Å². The summed E-state index contributed by atoms with van der Waals surface area (Å²) in [5, 5.41) is 10.6. The molecule has 3 heterocycles. The highest BCUT2D eigenvalue weighted by atomic mass is 32.2. The van der Waals surface area contributed by atoms with E-state index < -0.39 is 10.0 Å². The number of rotatable bonds is 1. The van der Waals surface area contributed by atoms with Crippen LogP contribution in [0.4, 0.5) is 5.69 Å². The molecule has 8 heteroatoms. The van der Waals surface area contributed by atoms with Gasteiger partial charge in [-0.3, -0.25) is 14.5 Å². The summed E-state index contributed by atoms with van der Waals surface area (Å²) in [6, 6.07) is 10.4. The first kappa shape index (κ1) is 19.0. The first-order valence-corrected chi connectivity index (χ1v) is 11.4. The van der Waals surface area contributed by atoms with Gasteiger partial charge >= 0.3 is 0 Å². The number of carbonyl (C=O) groups excluding carboxylic acids is 1. The molecule has 1 saturated heterocycles. The van der Waals surface area contributed by atoms with E-state index in [2.05, 4.69) is 9.71 Å². The van der Waals surface area contributed by atoms with Gasteiger partial charge in [0.05, 0.1) is 22.2 Å². The van der Waals surface area contributed by atoms with E-state index >= 15 is 0 Å². The normalized spacial score (nSPS) is 17.9. The zero-order valence-electron chi connectivity index (χ0n) is 16.4. The smallest absolute Gasteiger partial charge is 0.262 e. The molecule has 2 aliphatic heterocycles. The molecule has 0 saturated carbocycles. The zero-order chi connectivity index (χ0) is 21.0. The van der Waals surface area contributed by atoms with Crippen LogP contribution in [0, 0.1) is 6.92 Å². The minimum absolute atomic E-state index is 0.148. The number of anilines is 1. The molecule has 1 fully saturated rings. The predicted octanol–water partition coefficient (Wildman–Crippen LogP) is 2.92. The van der Waals surface area contributed by atoms with E-state index in [1.807, 2.05) is 25.1 Å². The third kappa shape index (κ3) is 2.95. The molecule has 2 aliphatic rings. The Labute approximate surface area is 174 Å². The first-order chi connectivity index (χ1) is 14.3. The molecule has 7 nitrogen and oxygen atoms in total. The van der Waals surface area contributed by atoms with Crippen LogP contribution >= 0.6 is 0 Å². The number of fused-ring (bicyclic) bond motifs is 5. The van der Waals surface area contributed by atoms with Gasteiger partial charge in [0.2, 0.25) is 0 Å². The Balaban J connectivity index is 1.67. The van der Waals surface area contributed by atoms with Gasteiger partial charge in [-0.2, -0.15) is 0 Å². The number of carbonyl (C=O) groups is 1. The van der Waals surface area contributed by atoms with Gasteiger partial charge in [-0.1, -0.05) is 6.07 Å². The van der Waals surface area contributed by atoms with Crippen molar-refractivity contribution in [3.63, 3.8) is 0 Å². The number of pyridine rings is 1. The maximum Gasteiger partial charge on any atom is 0.262 e. The minimum Gasteiger partial charge on any atom is -0.393 e. The van der Waals surface area contributed by atoms with Crippen LogP contribution in [0.25, 0.3) is 22.0 Å². The number of nitrogens with zero attached hydrogens (tertiary/aromatic N) is 2. The fraction of sp³-hybridized carbons (Fsp3) is 0.273. The van der Waals surface area contributed by atoms with Gasteiger partial charge in [-0.15, -0.1) is 0 Å². The fourth-order valence-corrected chi connectivity index (χ4v) is 5.57. The number of nitrogens with one attached hydrogen (secondary N) is 1. The Morgan fingerprint density at radius 1 is 1.17 bits per heavy atom. The second-order valence-corrected chi connectivity index (χ2v) is 9.51. The van der Waals surface area contributed by atoms with E-state index in [1.54, 1.807) is 23.2 Å².